The number of nitrogens with one attached hydrogen (secondary N) is 1. The smallest absolute Gasteiger partial charge is 0.231 e. The van der Waals surface area contributed by atoms with Crippen molar-refractivity contribution < 1.29 is 10.2 Å². The Morgan fingerprint density at radius 3 is 2.63 bits per heavy atom. The number of anilines is 2. The Bertz CT molecular complexity index is 437. The third-order valence-electron chi connectivity index (χ3n) is 2.95. The normalized spacial score (nSPS) is 18.4. The third kappa shape index (κ3) is 3.89. The maximum Gasteiger partial charge on any atom is 0.231 e. The Balaban J connectivity index is 2.08. The van der Waals surface area contributed by atoms with Crippen LogP contribution < -0.4 is 10.2 Å². The molecule has 1 fully saturated rings. The number of aliphatic hydroxyl groups is 2. The van der Waals surface area contributed by atoms with E-state index in [1.54, 1.807) is 0 Å². The van der Waals surface area contributed by atoms with Gasteiger partial charge in [0.2, 0.25) is 17.2 Å². The fourth-order valence-corrected chi connectivity index (χ4v) is 1.96. The van der Waals surface area contributed by atoms with E-state index in [4.69, 9.17) is 16.7 Å². The topological polar surface area (TPSA) is 94.4 Å². The van der Waals surface area contributed by atoms with Crippen molar-refractivity contribution in [3.8, 4) is 0 Å². The lowest BCUT2D eigenvalue weighted by Gasteiger charge is -2.21. The molecule has 1 aromatic rings. The summed E-state index contributed by atoms with van der Waals surface area (Å²) < 4.78 is 0. The van der Waals surface area contributed by atoms with E-state index < -0.39 is 5.60 Å². The number of rotatable bonds is 5. The van der Waals surface area contributed by atoms with Crippen LogP contribution in [0.4, 0.5) is 11.9 Å². The van der Waals surface area contributed by atoms with E-state index in [-0.39, 0.29) is 18.4 Å². The van der Waals surface area contributed by atoms with Crippen LogP contribution in [0, 0.1) is 0 Å². The van der Waals surface area contributed by atoms with Gasteiger partial charge in [-0.1, -0.05) is 0 Å². The first-order chi connectivity index (χ1) is 9.00. The molecule has 3 N–H and O–H groups in total. The molecule has 1 aromatic heterocycles. The van der Waals surface area contributed by atoms with Crippen LogP contribution in [0.2, 0.25) is 5.28 Å². The van der Waals surface area contributed by atoms with Gasteiger partial charge in [0.15, 0.2) is 0 Å². The van der Waals surface area contributed by atoms with E-state index in [1.165, 1.54) is 6.92 Å². The van der Waals surface area contributed by atoms with Crippen molar-refractivity contribution in [3.05, 3.63) is 5.28 Å². The number of hydrogen-bond donors (Lipinski definition) is 3. The zero-order valence-corrected chi connectivity index (χ0v) is 11.6. The summed E-state index contributed by atoms with van der Waals surface area (Å²) in [4.78, 5) is 14.4. The zero-order chi connectivity index (χ0) is 13.9. The number of hydrogen-bond acceptors (Lipinski definition) is 7. The molecule has 0 saturated carbocycles. The molecule has 106 valence electrons. The second-order valence-electron chi connectivity index (χ2n) is 4.93. The molecule has 8 heteroatoms. The molecule has 1 saturated heterocycles. The molecule has 0 spiro atoms. The highest BCUT2D eigenvalue weighted by Gasteiger charge is 2.20. The molecule has 1 unspecified atom stereocenters. The molecular formula is C11H18ClN5O2. The molecule has 0 bridgehead atoms. The maximum atomic E-state index is 9.71. The van der Waals surface area contributed by atoms with Gasteiger partial charge in [-0.05, 0) is 31.4 Å². The summed E-state index contributed by atoms with van der Waals surface area (Å²) in [5.74, 6) is 0.847. The first-order valence-corrected chi connectivity index (χ1v) is 6.62. The van der Waals surface area contributed by atoms with Gasteiger partial charge in [-0.2, -0.15) is 15.0 Å². The first kappa shape index (κ1) is 14.2. The van der Waals surface area contributed by atoms with Crippen molar-refractivity contribution in [2.45, 2.75) is 25.4 Å². The van der Waals surface area contributed by atoms with Crippen molar-refractivity contribution in [3.63, 3.8) is 0 Å². The zero-order valence-electron chi connectivity index (χ0n) is 10.8. The van der Waals surface area contributed by atoms with Crippen molar-refractivity contribution in [2.24, 2.45) is 0 Å². The highest BCUT2D eigenvalue weighted by molar-refractivity contribution is 6.28. The van der Waals surface area contributed by atoms with E-state index in [0.29, 0.717) is 11.9 Å². The van der Waals surface area contributed by atoms with E-state index in [0.717, 1.165) is 25.9 Å². The van der Waals surface area contributed by atoms with E-state index >= 15 is 0 Å². The van der Waals surface area contributed by atoms with E-state index in [2.05, 4.69) is 20.3 Å². The molecule has 2 heterocycles. The summed E-state index contributed by atoms with van der Waals surface area (Å²) in [5.41, 5.74) is -1.23. The van der Waals surface area contributed by atoms with Crippen LogP contribution >= 0.6 is 11.6 Å². The van der Waals surface area contributed by atoms with Crippen LogP contribution in [0.3, 0.4) is 0 Å². The number of aliphatic hydroxyl groups excluding tert-OH is 1. The van der Waals surface area contributed by atoms with Crippen LogP contribution in [0.15, 0.2) is 0 Å². The second-order valence-corrected chi connectivity index (χ2v) is 5.27. The summed E-state index contributed by atoms with van der Waals surface area (Å²) >= 11 is 5.87. The van der Waals surface area contributed by atoms with Crippen molar-refractivity contribution in [1.82, 2.24) is 15.0 Å². The van der Waals surface area contributed by atoms with Crippen LogP contribution in [-0.2, 0) is 0 Å². The van der Waals surface area contributed by atoms with Gasteiger partial charge >= 0.3 is 0 Å². The van der Waals surface area contributed by atoms with Crippen LogP contribution in [0.25, 0.3) is 0 Å². The minimum Gasteiger partial charge on any atom is -0.393 e. The van der Waals surface area contributed by atoms with E-state index in [9.17, 15) is 5.11 Å². The van der Waals surface area contributed by atoms with Gasteiger partial charge in [-0.15, -0.1) is 0 Å². The van der Waals surface area contributed by atoms with Gasteiger partial charge in [0, 0.05) is 19.6 Å². The Hall–Kier alpha value is -1.18. The van der Waals surface area contributed by atoms with Gasteiger partial charge in [-0.3, -0.25) is 0 Å². The summed E-state index contributed by atoms with van der Waals surface area (Å²) in [7, 11) is 0. The van der Waals surface area contributed by atoms with Crippen molar-refractivity contribution in [2.75, 3.05) is 36.5 Å². The molecule has 1 aliphatic heterocycles. The molecule has 0 aliphatic carbocycles. The van der Waals surface area contributed by atoms with Gasteiger partial charge < -0.3 is 20.4 Å². The Kier molecular flexibility index (Phi) is 4.38. The largest absolute Gasteiger partial charge is 0.393 e. The summed E-state index contributed by atoms with van der Waals surface area (Å²) in [6, 6.07) is 0. The van der Waals surface area contributed by atoms with Crippen molar-refractivity contribution in [1.29, 1.82) is 0 Å². The second kappa shape index (κ2) is 5.85. The van der Waals surface area contributed by atoms with Gasteiger partial charge in [0.05, 0.1) is 6.61 Å². The Labute approximate surface area is 116 Å². The lowest BCUT2D eigenvalue weighted by Crippen LogP contribution is -2.37. The Morgan fingerprint density at radius 1 is 1.32 bits per heavy atom. The molecular weight excluding hydrogens is 270 g/mol. The standard InChI is InChI=1S/C11H18ClN5O2/c1-11(19,7-18)6-13-9-14-8(12)15-10(16-9)17-4-2-3-5-17/h18-19H,2-7H2,1H3,(H,13,14,15,16). The third-order valence-corrected chi connectivity index (χ3v) is 3.12. The van der Waals surface area contributed by atoms with Crippen LogP contribution in [0.1, 0.15) is 19.8 Å². The van der Waals surface area contributed by atoms with Gasteiger partial charge in [0.1, 0.15) is 5.60 Å². The minimum atomic E-state index is -1.23. The molecule has 19 heavy (non-hydrogen) atoms. The molecule has 1 atom stereocenters. The fourth-order valence-electron chi connectivity index (χ4n) is 1.80. The fraction of sp³-hybridized carbons (Fsp3) is 0.727. The molecule has 1 aliphatic rings. The molecule has 0 aromatic carbocycles. The average molecular weight is 288 g/mol. The molecule has 7 nitrogen and oxygen atoms in total. The maximum absolute atomic E-state index is 9.71. The lowest BCUT2D eigenvalue weighted by molar-refractivity contribution is 0.0131. The van der Waals surface area contributed by atoms with Crippen LogP contribution in [0.5, 0.6) is 0 Å². The molecule has 0 amide bonds. The highest BCUT2D eigenvalue weighted by Crippen LogP contribution is 2.18. The van der Waals surface area contributed by atoms with Crippen LogP contribution in [-0.4, -0.2) is 57.0 Å². The summed E-state index contributed by atoms with van der Waals surface area (Å²) in [5, 5.41) is 21.7. The quantitative estimate of drug-likeness (QED) is 0.716. The number of nitrogens with zero attached hydrogens (tertiary/aromatic N) is 4. The monoisotopic (exact) mass is 287 g/mol. The van der Waals surface area contributed by atoms with Gasteiger partial charge in [0.25, 0.3) is 0 Å². The predicted molar refractivity (Wildman–Crippen MR) is 72.5 cm³/mol. The highest BCUT2D eigenvalue weighted by atomic mass is 35.5. The van der Waals surface area contributed by atoms with Gasteiger partial charge in [-0.25, -0.2) is 0 Å². The number of halogens is 1. The SMILES string of the molecule is CC(O)(CO)CNc1nc(Cl)nc(N2CCCC2)n1. The summed E-state index contributed by atoms with van der Waals surface area (Å²) in [6.07, 6.45) is 2.23. The summed E-state index contributed by atoms with van der Waals surface area (Å²) in [6.45, 7) is 3.12. The average Bonchev–Trinajstić information content (AvgIpc) is 2.90. The number of aromatic nitrogens is 3. The Morgan fingerprint density at radius 2 is 2.00 bits per heavy atom. The first-order valence-electron chi connectivity index (χ1n) is 6.24. The molecule has 0 radical (unpaired) electrons. The van der Waals surface area contributed by atoms with E-state index in [1.807, 2.05) is 4.90 Å². The molecule has 2 rings (SSSR count). The predicted octanol–water partition coefficient (Wildman–Crippen LogP) is 0.280. The lowest BCUT2D eigenvalue weighted by atomic mass is 10.1. The van der Waals surface area contributed by atoms with Crippen molar-refractivity contribution >= 4 is 23.5 Å². The minimum absolute atomic E-state index is 0.114.